The number of imidazole rings is 1. The third kappa shape index (κ3) is 6.84. The van der Waals surface area contributed by atoms with Gasteiger partial charge in [0, 0.05) is 6.54 Å². The van der Waals surface area contributed by atoms with E-state index in [9.17, 15) is 4.79 Å². The van der Waals surface area contributed by atoms with Gasteiger partial charge in [-0.25, -0.2) is 4.98 Å². The number of nitrogens with zero attached hydrogens (tertiary/aromatic N) is 1. The standard InChI is InChI=1S/C18H27N5OS2/c1-3-5-8-13(4-2)11-19-17(25)23-22-16(24)12-26-18-20-14-9-6-7-10-15(14)21-18/h6-7,9-10,13H,3-5,8,11-12H2,1-2H3,(H,20,21)(H,22,24)(H2,19,23,25)/t13-/m0/s1. The zero-order valence-electron chi connectivity index (χ0n) is 15.3. The Kier molecular flexibility index (Phi) is 8.70. The number of carbonyl (C=O) groups excluding carboxylic acids is 1. The summed E-state index contributed by atoms with van der Waals surface area (Å²) in [6, 6.07) is 7.78. The van der Waals surface area contributed by atoms with Gasteiger partial charge in [-0.2, -0.15) is 0 Å². The number of amides is 1. The normalized spacial score (nSPS) is 11.9. The highest BCUT2D eigenvalue weighted by Gasteiger charge is 2.09. The molecule has 4 N–H and O–H groups in total. The number of aromatic amines is 1. The second-order valence-corrected chi connectivity index (χ2v) is 7.52. The smallest absolute Gasteiger partial charge is 0.248 e. The van der Waals surface area contributed by atoms with Gasteiger partial charge in [0.25, 0.3) is 0 Å². The number of thioether (sulfide) groups is 1. The van der Waals surface area contributed by atoms with E-state index in [-0.39, 0.29) is 11.7 Å². The number of nitrogens with one attached hydrogen (secondary N) is 4. The fourth-order valence-corrected chi connectivity index (χ4v) is 3.34. The van der Waals surface area contributed by atoms with Crippen molar-refractivity contribution in [3.05, 3.63) is 24.3 Å². The van der Waals surface area contributed by atoms with E-state index in [2.05, 4.69) is 40.0 Å². The molecule has 0 unspecified atom stereocenters. The van der Waals surface area contributed by atoms with Crippen LogP contribution in [0.5, 0.6) is 0 Å². The van der Waals surface area contributed by atoms with Crippen molar-refractivity contribution >= 4 is 46.0 Å². The maximum atomic E-state index is 11.9. The predicted octanol–water partition coefficient (Wildman–Crippen LogP) is 3.37. The zero-order valence-corrected chi connectivity index (χ0v) is 16.9. The van der Waals surface area contributed by atoms with Gasteiger partial charge in [-0.15, -0.1) is 0 Å². The Morgan fingerprint density at radius 3 is 2.85 bits per heavy atom. The lowest BCUT2D eigenvalue weighted by Gasteiger charge is -2.17. The molecular weight excluding hydrogens is 366 g/mol. The Bertz CT molecular complexity index is 685. The van der Waals surface area contributed by atoms with Gasteiger partial charge in [-0.05, 0) is 36.7 Å². The number of benzene rings is 1. The van der Waals surface area contributed by atoms with Crippen LogP contribution in [0.25, 0.3) is 11.0 Å². The monoisotopic (exact) mass is 393 g/mol. The molecular formula is C18H27N5OS2. The summed E-state index contributed by atoms with van der Waals surface area (Å²) in [4.78, 5) is 19.6. The fourth-order valence-electron chi connectivity index (χ4n) is 2.52. The molecule has 0 saturated carbocycles. The van der Waals surface area contributed by atoms with E-state index < -0.39 is 0 Å². The van der Waals surface area contributed by atoms with Gasteiger partial charge in [0.15, 0.2) is 10.3 Å². The van der Waals surface area contributed by atoms with Gasteiger partial charge < -0.3 is 10.3 Å². The minimum absolute atomic E-state index is 0.155. The Hall–Kier alpha value is -1.80. The van der Waals surface area contributed by atoms with E-state index in [0.29, 0.717) is 11.0 Å². The van der Waals surface area contributed by atoms with Crippen molar-refractivity contribution in [2.24, 2.45) is 5.92 Å². The largest absolute Gasteiger partial charge is 0.361 e. The van der Waals surface area contributed by atoms with Gasteiger partial charge >= 0.3 is 0 Å². The second kappa shape index (κ2) is 11.0. The molecule has 1 amide bonds. The lowest BCUT2D eigenvalue weighted by atomic mass is 9.99. The summed E-state index contributed by atoms with van der Waals surface area (Å²) in [5.41, 5.74) is 7.23. The van der Waals surface area contributed by atoms with E-state index in [0.717, 1.165) is 29.2 Å². The first-order valence-electron chi connectivity index (χ1n) is 9.02. The molecule has 26 heavy (non-hydrogen) atoms. The van der Waals surface area contributed by atoms with Gasteiger partial charge in [-0.1, -0.05) is 57.0 Å². The van der Waals surface area contributed by atoms with Crippen LogP contribution in [0.4, 0.5) is 0 Å². The van der Waals surface area contributed by atoms with Gasteiger partial charge in [0.2, 0.25) is 5.91 Å². The van der Waals surface area contributed by atoms with Crippen LogP contribution in [0.2, 0.25) is 0 Å². The minimum atomic E-state index is -0.155. The molecule has 1 atom stereocenters. The van der Waals surface area contributed by atoms with Gasteiger partial charge in [0.1, 0.15) is 0 Å². The minimum Gasteiger partial charge on any atom is -0.361 e. The number of carbonyl (C=O) groups is 1. The molecule has 0 aliphatic rings. The van der Waals surface area contributed by atoms with E-state index in [4.69, 9.17) is 12.2 Å². The first kappa shape index (κ1) is 20.5. The molecule has 0 aliphatic carbocycles. The first-order chi connectivity index (χ1) is 12.6. The number of H-pyrrole nitrogens is 1. The van der Waals surface area contributed by atoms with E-state index in [1.54, 1.807) is 0 Å². The molecule has 1 heterocycles. The summed E-state index contributed by atoms with van der Waals surface area (Å²) in [7, 11) is 0. The molecule has 142 valence electrons. The quantitative estimate of drug-likeness (QED) is 0.297. The maximum absolute atomic E-state index is 11.9. The number of para-hydroxylation sites is 2. The molecule has 0 fully saturated rings. The molecule has 1 aromatic heterocycles. The molecule has 8 heteroatoms. The van der Waals surface area contributed by atoms with Crippen molar-refractivity contribution in [3.8, 4) is 0 Å². The topological polar surface area (TPSA) is 81.8 Å². The molecule has 0 aliphatic heterocycles. The Balaban J connectivity index is 1.65. The van der Waals surface area contributed by atoms with Gasteiger partial charge in [0.05, 0.1) is 16.8 Å². The van der Waals surface area contributed by atoms with Crippen molar-refractivity contribution < 1.29 is 4.79 Å². The highest BCUT2D eigenvalue weighted by molar-refractivity contribution is 7.99. The number of unbranched alkanes of at least 4 members (excludes halogenated alkanes) is 1. The highest BCUT2D eigenvalue weighted by Crippen LogP contribution is 2.18. The van der Waals surface area contributed by atoms with Crippen molar-refractivity contribution in [3.63, 3.8) is 0 Å². The zero-order chi connectivity index (χ0) is 18.8. The van der Waals surface area contributed by atoms with Crippen molar-refractivity contribution in [1.82, 2.24) is 26.1 Å². The van der Waals surface area contributed by atoms with E-state index in [1.807, 2.05) is 24.3 Å². The average Bonchev–Trinajstić information content (AvgIpc) is 3.08. The lowest BCUT2D eigenvalue weighted by molar-refractivity contribution is -0.119. The Morgan fingerprint density at radius 1 is 1.31 bits per heavy atom. The van der Waals surface area contributed by atoms with Crippen LogP contribution in [0.3, 0.4) is 0 Å². The molecule has 1 aromatic carbocycles. The SMILES string of the molecule is CCCC[C@H](CC)CNC(=S)NNC(=O)CSc1nc2ccccc2[nH]1. The molecule has 0 radical (unpaired) electrons. The van der Waals surface area contributed by atoms with E-state index in [1.165, 1.54) is 31.0 Å². The van der Waals surface area contributed by atoms with Crippen LogP contribution >= 0.6 is 24.0 Å². The number of hydrazine groups is 1. The van der Waals surface area contributed by atoms with Crippen LogP contribution in [0.15, 0.2) is 29.4 Å². The summed E-state index contributed by atoms with van der Waals surface area (Å²) < 4.78 is 0. The van der Waals surface area contributed by atoms with Crippen molar-refractivity contribution in [2.75, 3.05) is 12.3 Å². The third-order valence-electron chi connectivity index (χ3n) is 4.12. The Labute approximate surface area is 164 Å². The average molecular weight is 394 g/mol. The molecule has 0 spiro atoms. The van der Waals surface area contributed by atoms with Crippen LogP contribution in [-0.4, -0.2) is 33.3 Å². The molecule has 0 bridgehead atoms. The molecule has 0 saturated heterocycles. The van der Waals surface area contributed by atoms with Crippen molar-refractivity contribution in [1.29, 1.82) is 0 Å². The number of rotatable bonds is 9. The molecule has 6 nitrogen and oxygen atoms in total. The predicted molar refractivity (Wildman–Crippen MR) is 112 cm³/mol. The number of aromatic nitrogens is 2. The third-order valence-corrected chi connectivity index (χ3v) is 5.24. The number of fused-ring (bicyclic) bond motifs is 1. The summed E-state index contributed by atoms with van der Waals surface area (Å²) in [6.07, 6.45) is 4.76. The number of thiocarbonyl (C=S) groups is 1. The second-order valence-electron chi connectivity index (χ2n) is 6.15. The van der Waals surface area contributed by atoms with Crippen LogP contribution in [0.1, 0.15) is 39.5 Å². The summed E-state index contributed by atoms with van der Waals surface area (Å²) in [6.45, 7) is 5.21. The highest BCUT2D eigenvalue weighted by atomic mass is 32.2. The van der Waals surface area contributed by atoms with Crippen LogP contribution in [0, 0.1) is 5.92 Å². The van der Waals surface area contributed by atoms with Crippen LogP contribution in [-0.2, 0) is 4.79 Å². The Morgan fingerprint density at radius 2 is 2.12 bits per heavy atom. The summed E-state index contributed by atoms with van der Waals surface area (Å²) in [5.74, 6) is 0.704. The van der Waals surface area contributed by atoms with Gasteiger partial charge in [-0.3, -0.25) is 15.6 Å². The van der Waals surface area contributed by atoms with Crippen molar-refractivity contribution in [2.45, 2.75) is 44.7 Å². The van der Waals surface area contributed by atoms with E-state index >= 15 is 0 Å². The number of hydrogen-bond acceptors (Lipinski definition) is 4. The fraction of sp³-hybridized carbons (Fsp3) is 0.500. The summed E-state index contributed by atoms with van der Waals surface area (Å²) in [5, 5.41) is 4.34. The first-order valence-corrected chi connectivity index (χ1v) is 10.4. The summed E-state index contributed by atoms with van der Waals surface area (Å²) >= 11 is 6.56. The molecule has 2 aromatic rings. The number of hydrogen-bond donors (Lipinski definition) is 4. The van der Waals surface area contributed by atoms with Crippen LogP contribution < -0.4 is 16.2 Å². The lowest BCUT2D eigenvalue weighted by Crippen LogP contribution is -2.48. The maximum Gasteiger partial charge on any atom is 0.248 e. The molecule has 2 rings (SSSR count).